The van der Waals surface area contributed by atoms with Crippen molar-refractivity contribution in [2.24, 2.45) is 0 Å². The molecule has 1 aliphatic carbocycles. The summed E-state index contributed by atoms with van der Waals surface area (Å²) < 4.78 is 0. The number of anilines is 1. The summed E-state index contributed by atoms with van der Waals surface area (Å²) >= 11 is 12.0. The number of nitrogens with one attached hydrogen (secondary N) is 1. The van der Waals surface area contributed by atoms with Gasteiger partial charge in [0.1, 0.15) is 0 Å². The fourth-order valence-electron chi connectivity index (χ4n) is 2.13. The fourth-order valence-corrected chi connectivity index (χ4v) is 2.66. The third-order valence-electron chi connectivity index (χ3n) is 3.09. The van der Waals surface area contributed by atoms with Gasteiger partial charge in [-0.2, -0.15) is 0 Å². The van der Waals surface area contributed by atoms with Gasteiger partial charge in [-0.1, -0.05) is 36.0 Å². The van der Waals surface area contributed by atoms with Crippen molar-refractivity contribution in [2.45, 2.75) is 38.3 Å². The molecule has 0 saturated heterocycles. The van der Waals surface area contributed by atoms with E-state index in [1.54, 1.807) is 0 Å². The van der Waals surface area contributed by atoms with Crippen molar-refractivity contribution in [3.05, 3.63) is 27.7 Å². The van der Waals surface area contributed by atoms with Crippen LogP contribution in [0.2, 0.25) is 10.0 Å². The van der Waals surface area contributed by atoms with Crippen molar-refractivity contribution in [3.63, 3.8) is 0 Å². The third-order valence-corrected chi connectivity index (χ3v) is 3.71. The molecule has 1 saturated carbocycles. The van der Waals surface area contributed by atoms with Gasteiger partial charge in [0.05, 0.1) is 15.7 Å². The Morgan fingerprint density at radius 2 is 1.75 bits per heavy atom. The monoisotopic (exact) mass is 258 g/mol. The van der Waals surface area contributed by atoms with Crippen LogP contribution in [0, 0.1) is 0 Å². The molecule has 2 nitrogen and oxygen atoms in total. The van der Waals surface area contributed by atoms with Crippen LogP contribution in [-0.4, -0.2) is 6.04 Å². The molecule has 88 valence electrons. The summed E-state index contributed by atoms with van der Waals surface area (Å²) in [5.74, 6) is 0. The minimum atomic E-state index is 0.466. The highest BCUT2D eigenvalue weighted by Crippen LogP contribution is 2.29. The topological polar surface area (TPSA) is 38.0 Å². The maximum absolute atomic E-state index is 5.98. The van der Waals surface area contributed by atoms with E-state index in [2.05, 4.69) is 5.32 Å². The number of halogens is 2. The van der Waals surface area contributed by atoms with Crippen LogP contribution in [0.15, 0.2) is 12.1 Å². The summed E-state index contributed by atoms with van der Waals surface area (Å²) in [6, 6.07) is 4.41. The molecule has 1 fully saturated rings. The van der Waals surface area contributed by atoms with Gasteiger partial charge in [0, 0.05) is 12.6 Å². The van der Waals surface area contributed by atoms with E-state index in [0.717, 1.165) is 12.1 Å². The normalized spacial score (nSPS) is 16.9. The quantitative estimate of drug-likeness (QED) is 0.814. The van der Waals surface area contributed by atoms with E-state index < -0.39 is 0 Å². The molecule has 0 heterocycles. The van der Waals surface area contributed by atoms with E-state index in [1.807, 2.05) is 12.1 Å². The standard InChI is InChI=1S/C12H16Cl2N2/c13-10-5-8(6-11(14)12(10)15)7-16-9-3-1-2-4-9/h5-6,9,16H,1-4,7,15H2. The van der Waals surface area contributed by atoms with Gasteiger partial charge in [-0.05, 0) is 30.5 Å². The molecule has 16 heavy (non-hydrogen) atoms. The number of benzene rings is 1. The molecule has 0 radical (unpaired) electrons. The second kappa shape index (κ2) is 5.26. The average molecular weight is 259 g/mol. The second-order valence-electron chi connectivity index (χ2n) is 4.34. The van der Waals surface area contributed by atoms with E-state index in [1.165, 1.54) is 25.7 Å². The highest BCUT2D eigenvalue weighted by molar-refractivity contribution is 6.38. The molecule has 3 N–H and O–H groups in total. The Morgan fingerprint density at radius 1 is 1.19 bits per heavy atom. The van der Waals surface area contributed by atoms with E-state index in [4.69, 9.17) is 28.9 Å². The summed E-state index contributed by atoms with van der Waals surface area (Å²) in [5.41, 5.74) is 7.24. The molecule has 0 spiro atoms. The van der Waals surface area contributed by atoms with Gasteiger partial charge >= 0.3 is 0 Å². The molecule has 0 amide bonds. The fraction of sp³-hybridized carbons (Fsp3) is 0.500. The van der Waals surface area contributed by atoms with Crippen LogP contribution in [0.5, 0.6) is 0 Å². The van der Waals surface area contributed by atoms with Gasteiger partial charge < -0.3 is 11.1 Å². The summed E-state index contributed by atoms with van der Waals surface area (Å²) in [7, 11) is 0. The van der Waals surface area contributed by atoms with Crippen molar-refractivity contribution in [1.29, 1.82) is 0 Å². The van der Waals surface area contributed by atoms with E-state index in [-0.39, 0.29) is 0 Å². The van der Waals surface area contributed by atoms with Gasteiger partial charge in [0.25, 0.3) is 0 Å². The Balaban J connectivity index is 1.98. The first kappa shape index (κ1) is 12.0. The van der Waals surface area contributed by atoms with Gasteiger partial charge in [0.15, 0.2) is 0 Å². The number of rotatable bonds is 3. The summed E-state index contributed by atoms with van der Waals surface area (Å²) in [6.45, 7) is 0.810. The molecule has 0 bridgehead atoms. The molecular weight excluding hydrogens is 243 g/mol. The Morgan fingerprint density at radius 3 is 2.31 bits per heavy atom. The van der Waals surface area contributed by atoms with Gasteiger partial charge in [-0.15, -0.1) is 0 Å². The number of nitrogens with two attached hydrogens (primary N) is 1. The predicted octanol–water partition coefficient (Wildman–Crippen LogP) is 3.61. The molecule has 0 aliphatic heterocycles. The second-order valence-corrected chi connectivity index (χ2v) is 5.15. The first-order chi connectivity index (χ1) is 7.66. The van der Waals surface area contributed by atoms with Crippen molar-refractivity contribution in [2.75, 3.05) is 5.73 Å². The molecule has 1 aliphatic rings. The zero-order valence-electron chi connectivity index (χ0n) is 9.10. The maximum Gasteiger partial charge on any atom is 0.0693 e. The molecule has 0 unspecified atom stereocenters. The van der Waals surface area contributed by atoms with Crippen LogP contribution in [0.1, 0.15) is 31.2 Å². The lowest BCUT2D eigenvalue weighted by atomic mass is 10.2. The molecule has 1 aromatic carbocycles. The minimum absolute atomic E-state index is 0.466. The molecule has 0 aromatic heterocycles. The van der Waals surface area contributed by atoms with Crippen LogP contribution in [0.25, 0.3) is 0 Å². The SMILES string of the molecule is Nc1c(Cl)cc(CNC2CCCC2)cc1Cl. The lowest BCUT2D eigenvalue weighted by Crippen LogP contribution is -2.25. The first-order valence-corrected chi connectivity index (χ1v) is 6.39. The van der Waals surface area contributed by atoms with Gasteiger partial charge in [-0.3, -0.25) is 0 Å². The molecule has 4 heteroatoms. The van der Waals surface area contributed by atoms with E-state index >= 15 is 0 Å². The zero-order valence-corrected chi connectivity index (χ0v) is 10.6. The summed E-state index contributed by atoms with van der Waals surface area (Å²) in [5, 5.41) is 4.59. The van der Waals surface area contributed by atoms with Crippen LogP contribution >= 0.6 is 23.2 Å². The average Bonchev–Trinajstić information content (AvgIpc) is 2.75. The maximum atomic E-state index is 5.98. The van der Waals surface area contributed by atoms with E-state index in [9.17, 15) is 0 Å². The smallest absolute Gasteiger partial charge is 0.0693 e. The Kier molecular flexibility index (Phi) is 3.95. The highest BCUT2D eigenvalue weighted by atomic mass is 35.5. The Hall–Kier alpha value is -0.440. The summed E-state index contributed by atoms with van der Waals surface area (Å²) in [4.78, 5) is 0. The predicted molar refractivity (Wildman–Crippen MR) is 70.0 cm³/mol. The Bertz CT molecular complexity index is 350. The minimum Gasteiger partial charge on any atom is -0.396 e. The van der Waals surface area contributed by atoms with E-state index in [0.29, 0.717) is 21.8 Å². The molecule has 2 rings (SSSR count). The van der Waals surface area contributed by atoms with Crippen LogP contribution in [-0.2, 0) is 6.54 Å². The lowest BCUT2D eigenvalue weighted by Gasteiger charge is -2.12. The molecule has 0 atom stereocenters. The van der Waals surface area contributed by atoms with Crippen molar-refractivity contribution in [1.82, 2.24) is 5.32 Å². The highest BCUT2D eigenvalue weighted by Gasteiger charge is 2.14. The first-order valence-electron chi connectivity index (χ1n) is 5.63. The zero-order chi connectivity index (χ0) is 11.5. The Labute approximate surface area is 106 Å². The lowest BCUT2D eigenvalue weighted by molar-refractivity contribution is 0.524. The van der Waals surface area contributed by atoms with Crippen molar-refractivity contribution in [3.8, 4) is 0 Å². The van der Waals surface area contributed by atoms with Crippen LogP contribution in [0.3, 0.4) is 0 Å². The molecule has 1 aromatic rings. The van der Waals surface area contributed by atoms with Crippen LogP contribution < -0.4 is 11.1 Å². The van der Waals surface area contributed by atoms with Crippen molar-refractivity contribution >= 4 is 28.9 Å². The van der Waals surface area contributed by atoms with Gasteiger partial charge in [-0.25, -0.2) is 0 Å². The number of hydrogen-bond donors (Lipinski definition) is 2. The number of hydrogen-bond acceptors (Lipinski definition) is 2. The third kappa shape index (κ3) is 2.82. The number of nitrogen functional groups attached to an aromatic ring is 1. The largest absolute Gasteiger partial charge is 0.396 e. The van der Waals surface area contributed by atoms with Crippen molar-refractivity contribution < 1.29 is 0 Å². The summed E-state index contributed by atoms with van der Waals surface area (Å²) in [6.07, 6.45) is 5.22. The molecular formula is C12H16Cl2N2. The van der Waals surface area contributed by atoms with Crippen LogP contribution in [0.4, 0.5) is 5.69 Å². The van der Waals surface area contributed by atoms with Gasteiger partial charge in [0.2, 0.25) is 0 Å².